The molecule has 1 saturated carbocycles. The lowest BCUT2D eigenvalue weighted by Gasteiger charge is -2.30. The summed E-state index contributed by atoms with van der Waals surface area (Å²) in [7, 11) is -3.21. The highest BCUT2D eigenvalue weighted by Crippen LogP contribution is 2.20. The number of alkyl carbamates (subject to hydrolysis) is 1. The first kappa shape index (κ1) is 19.2. The monoisotopic (exact) mass is 334 g/mol. The second-order valence-corrected chi connectivity index (χ2v) is 9.29. The third-order valence-electron chi connectivity index (χ3n) is 3.35. The van der Waals surface area contributed by atoms with Crippen molar-refractivity contribution >= 4 is 16.1 Å². The van der Waals surface area contributed by atoms with Crippen molar-refractivity contribution < 1.29 is 17.9 Å². The van der Waals surface area contributed by atoms with Gasteiger partial charge in [0.2, 0.25) is 10.0 Å². The average Bonchev–Trinajstić information content (AvgIpc) is 2.26. The zero-order valence-corrected chi connectivity index (χ0v) is 15.1. The van der Waals surface area contributed by atoms with E-state index < -0.39 is 21.7 Å². The molecule has 7 heteroatoms. The molecule has 0 saturated heterocycles. The zero-order chi connectivity index (χ0) is 17.0. The molecule has 0 heterocycles. The van der Waals surface area contributed by atoms with Crippen molar-refractivity contribution in [3.63, 3.8) is 0 Å². The maximum Gasteiger partial charge on any atom is 0.407 e. The summed E-state index contributed by atoms with van der Waals surface area (Å²) in [6, 6.07) is 0.0288. The molecule has 130 valence electrons. The van der Waals surface area contributed by atoms with Gasteiger partial charge >= 0.3 is 6.09 Å². The van der Waals surface area contributed by atoms with Crippen LogP contribution in [0.5, 0.6) is 0 Å². The highest BCUT2D eigenvalue weighted by atomic mass is 32.2. The van der Waals surface area contributed by atoms with E-state index in [-0.39, 0.29) is 23.8 Å². The fraction of sp³-hybridized carbons (Fsp3) is 0.933. The normalized spacial score (nSPS) is 23.4. The standard InChI is InChI=1S/C15H30N2O4S/c1-11(2)10-22(19,20)17-13-8-6-12(7-9-13)16-14(18)21-15(3,4)5/h11-13,17H,6-10H2,1-5H3,(H,16,18). The molecule has 1 fully saturated rings. The highest BCUT2D eigenvalue weighted by molar-refractivity contribution is 7.89. The summed E-state index contributed by atoms with van der Waals surface area (Å²) in [6.07, 6.45) is 2.58. The molecule has 0 radical (unpaired) electrons. The number of hydrogen-bond donors (Lipinski definition) is 2. The minimum atomic E-state index is -3.21. The molecular formula is C15H30N2O4S. The van der Waals surface area contributed by atoms with Crippen LogP contribution in [-0.2, 0) is 14.8 Å². The van der Waals surface area contributed by atoms with Gasteiger partial charge < -0.3 is 10.1 Å². The number of carbonyl (C=O) groups is 1. The Hall–Kier alpha value is -0.820. The van der Waals surface area contributed by atoms with Gasteiger partial charge in [-0.2, -0.15) is 0 Å². The van der Waals surface area contributed by atoms with Gasteiger partial charge in [0.05, 0.1) is 5.75 Å². The molecule has 0 aromatic carbocycles. The number of nitrogens with one attached hydrogen (secondary N) is 2. The highest BCUT2D eigenvalue weighted by Gasteiger charge is 2.27. The van der Waals surface area contributed by atoms with E-state index in [0.717, 1.165) is 25.7 Å². The average molecular weight is 334 g/mol. The van der Waals surface area contributed by atoms with Crippen LogP contribution in [0.25, 0.3) is 0 Å². The molecule has 0 spiro atoms. The predicted molar refractivity (Wildman–Crippen MR) is 87.2 cm³/mol. The predicted octanol–water partition coefficient (Wildman–Crippen LogP) is 2.40. The summed E-state index contributed by atoms with van der Waals surface area (Å²) in [5.74, 6) is 0.269. The lowest BCUT2D eigenvalue weighted by molar-refractivity contribution is 0.0490. The molecule has 1 rings (SSSR count). The molecular weight excluding hydrogens is 304 g/mol. The van der Waals surface area contributed by atoms with Gasteiger partial charge in [0.15, 0.2) is 0 Å². The summed E-state index contributed by atoms with van der Waals surface area (Å²) >= 11 is 0. The van der Waals surface area contributed by atoms with E-state index in [2.05, 4.69) is 10.0 Å². The number of rotatable bonds is 5. The minimum Gasteiger partial charge on any atom is -0.444 e. The summed E-state index contributed by atoms with van der Waals surface area (Å²) in [5.41, 5.74) is -0.506. The fourth-order valence-electron chi connectivity index (χ4n) is 2.57. The lowest BCUT2D eigenvalue weighted by atomic mass is 9.92. The van der Waals surface area contributed by atoms with Gasteiger partial charge in [0.25, 0.3) is 0 Å². The number of amides is 1. The van der Waals surface area contributed by atoms with E-state index in [9.17, 15) is 13.2 Å². The maximum absolute atomic E-state index is 11.9. The molecule has 22 heavy (non-hydrogen) atoms. The topological polar surface area (TPSA) is 84.5 Å². The first-order chi connectivity index (χ1) is 9.97. The van der Waals surface area contributed by atoms with Crippen molar-refractivity contribution in [3.05, 3.63) is 0 Å². The molecule has 0 aromatic rings. The van der Waals surface area contributed by atoms with Crippen LogP contribution in [0.3, 0.4) is 0 Å². The van der Waals surface area contributed by atoms with Crippen LogP contribution in [0.4, 0.5) is 4.79 Å². The van der Waals surface area contributed by atoms with Crippen LogP contribution in [-0.4, -0.2) is 37.9 Å². The van der Waals surface area contributed by atoms with Crippen molar-refractivity contribution in [1.82, 2.24) is 10.0 Å². The lowest BCUT2D eigenvalue weighted by Crippen LogP contribution is -2.45. The number of sulfonamides is 1. The Bertz CT molecular complexity index is 460. The minimum absolute atomic E-state index is 0.0274. The zero-order valence-electron chi connectivity index (χ0n) is 14.3. The SMILES string of the molecule is CC(C)CS(=O)(=O)NC1CCC(NC(=O)OC(C)(C)C)CC1. The number of carbonyl (C=O) groups excluding carboxylic acids is 1. The molecule has 6 nitrogen and oxygen atoms in total. The Morgan fingerprint density at radius 1 is 1.14 bits per heavy atom. The van der Waals surface area contributed by atoms with Gasteiger partial charge in [-0.05, 0) is 52.4 Å². The summed E-state index contributed by atoms with van der Waals surface area (Å²) in [6.45, 7) is 9.26. The van der Waals surface area contributed by atoms with E-state index in [0.29, 0.717) is 0 Å². The quantitative estimate of drug-likeness (QED) is 0.808. The Morgan fingerprint density at radius 2 is 1.64 bits per heavy atom. The van der Waals surface area contributed by atoms with Crippen LogP contribution in [0.2, 0.25) is 0 Å². The van der Waals surface area contributed by atoms with Gasteiger partial charge in [-0.3, -0.25) is 0 Å². The summed E-state index contributed by atoms with van der Waals surface area (Å²) in [5, 5.41) is 2.85. The maximum atomic E-state index is 11.9. The molecule has 0 bridgehead atoms. The van der Waals surface area contributed by atoms with Crippen molar-refractivity contribution in [2.24, 2.45) is 5.92 Å². The second kappa shape index (κ2) is 7.64. The van der Waals surface area contributed by atoms with Crippen molar-refractivity contribution in [3.8, 4) is 0 Å². The molecule has 1 aliphatic rings. The van der Waals surface area contributed by atoms with E-state index in [1.165, 1.54) is 0 Å². The van der Waals surface area contributed by atoms with E-state index in [4.69, 9.17) is 4.74 Å². The Kier molecular flexibility index (Phi) is 6.67. The third-order valence-corrected chi connectivity index (χ3v) is 5.14. The van der Waals surface area contributed by atoms with Crippen LogP contribution in [0.1, 0.15) is 60.3 Å². The Balaban J connectivity index is 2.36. The molecule has 1 aliphatic carbocycles. The smallest absolute Gasteiger partial charge is 0.407 e. The van der Waals surface area contributed by atoms with Crippen molar-refractivity contribution in [2.45, 2.75) is 78.0 Å². The second-order valence-electron chi connectivity index (χ2n) is 7.49. The Morgan fingerprint density at radius 3 is 2.09 bits per heavy atom. The van der Waals surface area contributed by atoms with Crippen LogP contribution < -0.4 is 10.0 Å². The van der Waals surface area contributed by atoms with Crippen LogP contribution in [0.15, 0.2) is 0 Å². The van der Waals surface area contributed by atoms with Gasteiger partial charge in [0, 0.05) is 12.1 Å². The molecule has 2 N–H and O–H groups in total. The number of hydrogen-bond acceptors (Lipinski definition) is 4. The third kappa shape index (κ3) is 7.98. The fourth-order valence-corrected chi connectivity index (χ4v) is 4.29. The molecule has 0 unspecified atom stereocenters. The summed E-state index contributed by atoms with van der Waals surface area (Å²) < 4.78 is 31.8. The van der Waals surface area contributed by atoms with Crippen molar-refractivity contribution in [1.29, 1.82) is 0 Å². The van der Waals surface area contributed by atoms with Gasteiger partial charge in [-0.25, -0.2) is 17.9 Å². The number of ether oxygens (including phenoxy) is 1. The molecule has 0 aromatic heterocycles. The first-order valence-electron chi connectivity index (χ1n) is 7.96. The van der Waals surface area contributed by atoms with Gasteiger partial charge in [-0.15, -0.1) is 0 Å². The van der Waals surface area contributed by atoms with E-state index in [1.807, 2.05) is 34.6 Å². The van der Waals surface area contributed by atoms with Crippen LogP contribution in [0, 0.1) is 5.92 Å². The molecule has 0 aliphatic heterocycles. The largest absolute Gasteiger partial charge is 0.444 e. The summed E-state index contributed by atoms with van der Waals surface area (Å²) in [4.78, 5) is 11.7. The van der Waals surface area contributed by atoms with E-state index in [1.54, 1.807) is 0 Å². The molecule has 0 atom stereocenters. The van der Waals surface area contributed by atoms with Gasteiger partial charge in [-0.1, -0.05) is 13.8 Å². The van der Waals surface area contributed by atoms with Crippen LogP contribution >= 0.6 is 0 Å². The molecule has 1 amide bonds. The van der Waals surface area contributed by atoms with E-state index >= 15 is 0 Å². The van der Waals surface area contributed by atoms with Gasteiger partial charge in [0.1, 0.15) is 5.60 Å². The Labute approximate surface area is 134 Å². The van der Waals surface area contributed by atoms with Crippen molar-refractivity contribution in [2.75, 3.05) is 5.75 Å². The first-order valence-corrected chi connectivity index (χ1v) is 9.61.